The lowest BCUT2D eigenvalue weighted by Gasteiger charge is -2.18. The van der Waals surface area contributed by atoms with Crippen molar-refractivity contribution in [2.24, 2.45) is 5.73 Å². The largest absolute Gasteiger partial charge is 0.496 e. The number of nitrogens with two attached hydrogens (primary N) is 1. The lowest BCUT2D eigenvalue weighted by atomic mass is 9.97. The summed E-state index contributed by atoms with van der Waals surface area (Å²) >= 11 is 0. The third-order valence-corrected chi connectivity index (χ3v) is 3.47. The zero-order valence-electron chi connectivity index (χ0n) is 11.9. The van der Waals surface area contributed by atoms with Crippen LogP contribution in [0.4, 0.5) is 0 Å². The van der Waals surface area contributed by atoms with Crippen LogP contribution >= 0.6 is 0 Å². The van der Waals surface area contributed by atoms with Gasteiger partial charge in [-0.1, -0.05) is 18.2 Å². The van der Waals surface area contributed by atoms with Crippen LogP contribution in [0.3, 0.4) is 0 Å². The van der Waals surface area contributed by atoms with E-state index in [0.717, 1.165) is 28.3 Å². The third-order valence-electron chi connectivity index (χ3n) is 3.47. The minimum atomic E-state index is -0.269. The molecule has 1 heterocycles. The highest BCUT2D eigenvalue weighted by Crippen LogP contribution is 2.32. The normalized spacial score (nSPS) is 12.3. The molecule has 0 saturated heterocycles. The summed E-state index contributed by atoms with van der Waals surface area (Å²) in [6.45, 7) is 6.08. The second-order valence-electron chi connectivity index (χ2n) is 4.81. The van der Waals surface area contributed by atoms with Crippen molar-refractivity contribution in [1.29, 1.82) is 0 Å². The zero-order valence-corrected chi connectivity index (χ0v) is 11.9. The fourth-order valence-corrected chi connectivity index (χ4v) is 2.22. The number of methoxy groups -OCH3 is 1. The van der Waals surface area contributed by atoms with E-state index in [1.54, 1.807) is 7.11 Å². The van der Waals surface area contributed by atoms with Gasteiger partial charge in [0.15, 0.2) is 0 Å². The van der Waals surface area contributed by atoms with Crippen molar-refractivity contribution < 1.29 is 4.74 Å². The highest BCUT2D eigenvalue weighted by molar-refractivity contribution is 5.48. The summed E-state index contributed by atoms with van der Waals surface area (Å²) < 4.78 is 5.52. The summed E-state index contributed by atoms with van der Waals surface area (Å²) in [5.74, 6) is 0.857. The summed E-state index contributed by atoms with van der Waals surface area (Å²) in [7, 11) is 1.68. The van der Waals surface area contributed by atoms with E-state index in [0.29, 0.717) is 0 Å². The summed E-state index contributed by atoms with van der Waals surface area (Å²) in [6, 6.07) is 9.72. The predicted molar refractivity (Wildman–Crippen MR) is 77.5 cm³/mol. The van der Waals surface area contributed by atoms with Gasteiger partial charge in [-0.25, -0.2) is 0 Å². The Morgan fingerprint density at radius 2 is 1.84 bits per heavy atom. The van der Waals surface area contributed by atoms with Crippen LogP contribution in [0.15, 0.2) is 30.3 Å². The maximum atomic E-state index is 6.34. The molecule has 0 aliphatic carbocycles. The van der Waals surface area contributed by atoms with Gasteiger partial charge in [0.1, 0.15) is 5.75 Å². The Hall–Kier alpha value is -1.87. The van der Waals surface area contributed by atoms with Gasteiger partial charge in [-0.15, -0.1) is 0 Å². The molecule has 0 saturated carbocycles. The van der Waals surface area contributed by atoms with Crippen LogP contribution in [0.5, 0.6) is 5.75 Å². The van der Waals surface area contributed by atoms with Gasteiger partial charge in [-0.2, -0.15) is 0 Å². The molecule has 0 fully saturated rings. The summed E-state index contributed by atoms with van der Waals surface area (Å²) in [5, 5.41) is 0. The predicted octanol–water partition coefficient (Wildman–Crippen LogP) is 3.06. The smallest absolute Gasteiger partial charge is 0.127 e. The van der Waals surface area contributed by atoms with Gasteiger partial charge in [0, 0.05) is 11.3 Å². The molecule has 0 aliphatic rings. The van der Waals surface area contributed by atoms with Crippen molar-refractivity contribution in [1.82, 2.24) is 4.98 Å². The van der Waals surface area contributed by atoms with E-state index in [-0.39, 0.29) is 6.04 Å². The number of pyridine rings is 1. The molecule has 2 N–H and O–H groups in total. The highest BCUT2D eigenvalue weighted by atomic mass is 16.5. The second kappa shape index (κ2) is 5.41. The molecule has 0 amide bonds. The molecule has 0 radical (unpaired) electrons. The van der Waals surface area contributed by atoms with E-state index in [4.69, 9.17) is 10.5 Å². The summed E-state index contributed by atoms with van der Waals surface area (Å²) in [4.78, 5) is 4.50. The van der Waals surface area contributed by atoms with Gasteiger partial charge in [0.05, 0.1) is 18.8 Å². The van der Waals surface area contributed by atoms with Crippen LogP contribution in [0, 0.1) is 20.8 Å². The number of aromatic nitrogens is 1. The van der Waals surface area contributed by atoms with E-state index in [1.807, 2.05) is 38.1 Å². The third kappa shape index (κ3) is 2.61. The van der Waals surface area contributed by atoms with Crippen LogP contribution in [-0.4, -0.2) is 12.1 Å². The first-order valence-electron chi connectivity index (χ1n) is 6.37. The van der Waals surface area contributed by atoms with E-state index in [9.17, 15) is 0 Å². The SMILES string of the molecule is COc1c(C(N)c2cccc(C)n2)ccc(C)c1C. The number of hydrogen-bond acceptors (Lipinski definition) is 3. The maximum Gasteiger partial charge on any atom is 0.127 e. The number of nitrogens with zero attached hydrogens (tertiary/aromatic N) is 1. The van der Waals surface area contributed by atoms with Gasteiger partial charge in [-0.05, 0) is 44.0 Å². The van der Waals surface area contributed by atoms with Gasteiger partial charge < -0.3 is 10.5 Å². The molecule has 1 aromatic heterocycles. The molecule has 1 unspecified atom stereocenters. The molecule has 1 atom stereocenters. The molecule has 2 aromatic rings. The van der Waals surface area contributed by atoms with Crippen molar-refractivity contribution in [3.8, 4) is 5.75 Å². The minimum absolute atomic E-state index is 0.269. The Labute approximate surface area is 114 Å². The highest BCUT2D eigenvalue weighted by Gasteiger charge is 2.17. The Balaban J connectivity index is 2.50. The van der Waals surface area contributed by atoms with E-state index >= 15 is 0 Å². The monoisotopic (exact) mass is 256 g/mol. The standard InChI is InChI=1S/C16H20N2O/c1-10-8-9-13(16(19-4)12(10)3)15(17)14-7-5-6-11(2)18-14/h5-9,15H,17H2,1-4H3. The molecule has 19 heavy (non-hydrogen) atoms. The van der Waals surface area contributed by atoms with Crippen LogP contribution in [0.25, 0.3) is 0 Å². The van der Waals surface area contributed by atoms with E-state index in [2.05, 4.69) is 18.0 Å². The number of hydrogen-bond donors (Lipinski definition) is 1. The quantitative estimate of drug-likeness (QED) is 0.918. The Bertz CT molecular complexity index is 593. The molecule has 0 spiro atoms. The van der Waals surface area contributed by atoms with Crippen molar-refractivity contribution >= 4 is 0 Å². The molecule has 2 rings (SSSR count). The van der Waals surface area contributed by atoms with Gasteiger partial charge in [-0.3, -0.25) is 4.98 Å². The first-order chi connectivity index (χ1) is 9.04. The average molecular weight is 256 g/mol. The number of rotatable bonds is 3. The fraction of sp³-hybridized carbons (Fsp3) is 0.312. The number of benzene rings is 1. The summed E-state index contributed by atoms with van der Waals surface area (Å²) in [6.07, 6.45) is 0. The number of ether oxygens (including phenoxy) is 1. The Morgan fingerprint density at radius 3 is 2.47 bits per heavy atom. The molecule has 100 valence electrons. The van der Waals surface area contributed by atoms with Crippen molar-refractivity contribution in [3.63, 3.8) is 0 Å². The van der Waals surface area contributed by atoms with Gasteiger partial charge in [0.2, 0.25) is 0 Å². The second-order valence-corrected chi connectivity index (χ2v) is 4.81. The van der Waals surface area contributed by atoms with Gasteiger partial charge in [0.25, 0.3) is 0 Å². The fourth-order valence-electron chi connectivity index (χ4n) is 2.22. The molecule has 0 bridgehead atoms. The Kier molecular flexibility index (Phi) is 3.86. The lowest BCUT2D eigenvalue weighted by Crippen LogP contribution is -2.15. The number of aryl methyl sites for hydroxylation is 2. The van der Waals surface area contributed by atoms with Gasteiger partial charge >= 0.3 is 0 Å². The van der Waals surface area contributed by atoms with Crippen LogP contribution < -0.4 is 10.5 Å². The molecular formula is C16H20N2O. The first-order valence-corrected chi connectivity index (χ1v) is 6.37. The minimum Gasteiger partial charge on any atom is -0.496 e. The Morgan fingerprint density at radius 1 is 1.11 bits per heavy atom. The van der Waals surface area contributed by atoms with Crippen molar-refractivity contribution in [2.75, 3.05) is 7.11 Å². The summed E-state index contributed by atoms with van der Waals surface area (Å²) in [5.41, 5.74) is 11.5. The molecule has 3 nitrogen and oxygen atoms in total. The topological polar surface area (TPSA) is 48.1 Å². The lowest BCUT2D eigenvalue weighted by molar-refractivity contribution is 0.404. The van der Waals surface area contributed by atoms with Crippen LogP contribution in [-0.2, 0) is 0 Å². The average Bonchev–Trinajstić information content (AvgIpc) is 2.41. The first kappa shape index (κ1) is 13.6. The van der Waals surface area contributed by atoms with Crippen molar-refractivity contribution in [3.05, 3.63) is 58.4 Å². The molecule has 1 aromatic carbocycles. The van der Waals surface area contributed by atoms with Crippen molar-refractivity contribution in [2.45, 2.75) is 26.8 Å². The van der Waals surface area contributed by atoms with E-state index < -0.39 is 0 Å². The molecular weight excluding hydrogens is 236 g/mol. The molecule has 0 aliphatic heterocycles. The van der Waals surface area contributed by atoms with Crippen LogP contribution in [0.2, 0.25) is 0 Å². The molecule has 3 heteroatoms. The van der Waals surface area contributed by atoms with Crippen LogP contribution in [0.1, 0.15) is 34.1 Å². The van der Waals surface area contributed by atoms with E-state index in [1.165, 1.54) is 5.56 Å². The maximum absolute atomic E-state index is 6.34. The zero-order chi connectivity index (χ0) is 14.0.